The number of benzene rings is 1. The molecular formula is C26H31N5O2. The van der Waals surface area contributed by atoms with Crippen molar-refractivity contribution in [2.75, 3.05) is 13.2 Å². The lowest BCUT2D eigenvalue weighted by Gasteiger charge is -2.14. The minimum Gasteiger partial charge on any atom is -0.384 e. The summed E-state index contributed by atoms with van der Waals surface area (Å²) in [5.41, 5.74) is 4.83. The average Bonchev–Trinajstić information content (AvgIpc) is 3.20. The van der Waals surface area contributed by atoms with Gasteiger partial charge in [-0.15, -0.1) is 10.2 Å². The zero-order valence-corrected chi connectivity index (χ0v) is 19.7. The minimum atomic E-state index is -0.247. The van der Waals surface area contributed by atoms with Crippen molar-refractivity contribution in [3.05, 3.63) is 59.0 Å². The molecule has 0 saturated heterocycles. The molecule has 3 rings (SSSR count). The second-order valence-electron chi connectivity index (χ2n) is 8.10. The fourth-order valence-electron chi connectivity index (χ4n) is 3.54. The smallest absolute Gasteiger partial charge is 0.255 e. The number of fused-ring (bicyclic) bond motifs is 1. The molecule has 1 aromatic carbocycles. The number of aliphatic hydroxyl groups is 1. The summed E-state index contributed by atoms with van der Waals surface area (Å²) >= 11 is 0. The van der Waals surface area contributed by atoms with Crippen LogP contribution in [0.4, 0.5) is 5.69 Å². The first-order chi connectivity index (χ1) is 15.9. The zero-order valence-electron chi connectivity index (χ0n) is 19.7. The van der Waals surface area contributed by atoms with E-state index >= 15 is 0 Å². The van der Waals surface area contributed by atoms with E-state index in [-0.39, 0.29) is 12.5 Å². The Hall–Kier alpha value is -3.50. The van der Waals surface area contributed by atoms with Gasteiger partial charge < -0.3 is 10.4 Å². The van der Waals surface area contributed by atoms with Gasteiger partial charge in [-0.3, -0.25) is 14.2 Å². The third-order valence-corrected chi connectivity index (χ3v) is 5.69. The van der Waals surface area contributed by atoms with E-state index in [1.165, 1.54) is 0 Å². The number of aliphatic hydroxyl groups excluding tert-OH is 1. The van der Waals surface area contributed by atoms with Crippen LogP contribution in [-0.2, 0) is 0 Å². The molecule has 0 bridgehead atoms. The molecular weight excluding hydrogens is 414 g/mol. The van der Waals surface area contributed by atoms with Crippen LogP contribution in [-0.4, -0.2) is 44.5 Å². The van der Waals surface area contributed by atoms with Crippen molar-refractivity contribution in [2.45, 2.75) is 47.0 Å². The molecule has 0 aliphatic heterocycles. The van der Waals surface area contributed by atoms with Crippen molar-refractivity contribution < 1.29 is 9.90 Å². The van der Waals surface area contributed by atoms with Crippen molar-refractivity contribution in [2.24, 2.45) is 10.9 Å². The average molecular weight is 446 g/mol. The van der Waals surface area contributed by atoms with Crippen LogP contribution in [0.25, 0.3) is 5.65 Å². The van der Waals surface area contributed by atoms with Crippen molar-refractivity contribution in [3.8, 4) is 11.8 Å². The Morgan fingerprint density at radius 1 is 1.27 bits per heavy atom. The van der Waals surface area contributed by atoms with E-state index in [2.05, 4.69) is 54.2 Å². The van der Waals surface area contributed by atoms with E-state index in [1.54, 1.807) is 16.7 Å². The van der Waals surface area contributed by atoms with Gasteiger partial charge in [-0.25, -0.2) is 0 Å². The molecule has 1 unspecified atom stereocenters. The van der Waals surface area contributed by atoms with Crippen molar-refractivity contribution in [1.82, 2.24) is 19.9 Å². The van der Waals surface area contributed by atoms with Gasteiger partial charge in [0, 0.05) is 24.0 Å². The molecule has 0 aliphatic rings. The third kappa shape index (κ3) is 6.05. The third-order valence-electron chi connectivity index (χ3n) is 5.69. The standard InChI is InChI=1S/C26H31N5O2/c1-5-18(2)23(28-24-12-7-6-10-19(24)3)13-8-14-27-26(33)22-16-21(11-9-15-32)17-31-20(4)29-30-25(22)31/h6-7,10,12,16-18,32H,5,8,13-15H2,1-4H3,(H,27,33). The van der Waals surface area contributed by atoms with Crippen LogP contribution in [0.1, 0.15) is 60.4 Å². The summed E-state index contributed by atoms with van der Waals surface area (Å²) < 4.78 is 1.74. The Labute approximate surface area is 195 Å². The van der Waals surface area contributed by atoms with Crippen LogP contribution in [0.3, 0.4) is 0 Å². The lowest BCUT2D eigenvalue weighted by atomic mass is 9.98. The molecule has 7 heteroatoms. The maximum absolute atomic E-state index is 12.9. The number of hydrogen-bond donors (Lipinski definition) is 2. The molecule has 0 fully saturated rings. The molecule has 0 aliphatic carbocycles. The van der Waals surface area contributed by atoms with E-state index in [4.69, 9.17) is 10.1 Å². The van der Waals surface area contributed by atoms with Crippen LogP contribution in [0.2, 0.25) is 0 Å². The number of rotatable bonds is 8. The van der Waals surface area contributed by atoms with E-state index in [0.717, 1.165) is 36.2 Å². The van der Waals surface area contributed by atoms with Gasteiger partial charge in [0.25, 0.3) is 5.91 Å². The number of aryl methyl sites for hydroxylation is 2. The van der Waals surface area contributed by atoms with Crippen molar-refractivity contribution in [3.63, 3.8) is 0 Å². The molecule has 0 radical (unpaired) electrons. The number of amides is 1. The monoisotopic (exact) mass is 445 g/mol. The summed E-state index contributed by atoms with van der Waals surface area (Å²) in [6.07, 6.45) is 4.38. The van der Waals surface area contributed by atoms with E-state index in [1.807, 2.05) is 25.1 Å². The quantitative estimate of drug-likeness (QED) is 0.311. The van der Waals surface area contributed by atoms with Crippen LogP contribution in [0.15, 0.2) is 41.5 Å². The first-order valence-electron chi connectivity index (χ1n) is 11.3. The summed E-state index contributed by atoms with van der Waals surface area (Å²) in [5.74, 6) is 6.29. The highest BCUT2D eigenvalue weighted by Gasteiger charge is 2.16. The predicted molar refractivity (Wildman–Crippen MR) is 131 cm³/mol. The van der Waals surface area contributed by atoms with E-state index < -0.39 is 0 Å². The SMILES string of the molecule is CCC(C)C(CCCNC(=O)c1cc(C#CCO)cn2c(C)nnc12)=Nc1ccccc1C. The molecule has 1 atom stereocenters. The second-order valence-corrected chi connectivity index (χ2v) is 8.10. The molecule has 33 heavy (non-hydrogen) atoms. The highest BCUT2D eigenvalue weighted by molar-refractivity contribution is 6.00. The van der Waals surface area contributed by atoms with Gasteiger partial charge in [0.1, 0.15) is 12.4 Å². The van der Waals surface area contributed by atoms with Crippen LogP contribution < -0.4 is 5.32 Å². The summed E-state index contributed by atoms with van der Waals surface area (Å²) in [4.78, 5) is 17.9. The van der Waals surface area contributed by atoms with Crippen molar-refractivity contribution >= 4 is 23.0 Å². The number of nitrogens with zero attached hydrogens (tertiary/aromatic N) is 4. The van der Waals surface area contributed by atoms with Crippen LogP contribution in [0.5, 0.6) is 0 Å². The van der Waals surface area contributed by atoms with Crippen molar-refractivity contribution in [1.29, 1.82) is 0 Å². The highest BCUT2D eigenvalue weighted by Crippen LogP contribution is 2.21. The minimum absolute atomic E-state index is 0.221. The molecule has 3 aromatic rings. The van der Waals surface area contributed by atoms with Gasteiger partial charge >= 0.3 is 0 Å². The summed E-state index contributed by atoms with van der Waals surface area (Å²) in [7, 11) is 0. The van der Waals surface area contributed by atoms with Crippen LogP contribution in [0, 0.1) is 31.6 Å². The number of aromatic nitrogens is 3. The fourth-order valence-corrected chi connectivity index (χ4v) is 3.54. The summed E-state index contributed by atoms with van der Waals surface area (Å²) in [6, 6.07) is 9.82. The molecule has 0 spiro atoms. The van der Waals surface area contributed by atoms with Gasteiger partial charge in [0.2, 0.25) is 0 Å². The van der Waals surface area contributed by atoms with Gasteiger partial charge in [0.05, 0.1) is 11.3 Å². The predicted octanol–water partition coefficient (Wildman–Crippen LogP) is 4.02. The number of nitrogens with one attached hydrogen (secondary N) is 1. The Bertz CT molecular complexity index is 1220. The normalized spacial score (nSPS) is 12.3. The second kappa shape index (κ2) is 11.4. The zero-order chi connectivity index (χ0) is 23.8. The molecule has 2 heterocycles. The van der Waals surface area contributed by atoms with Crippen LogP contribution >= 0.6 is 0 Å². The number of para-hydroxylation sites is 1. The van der Waals surface area contributed by atoms with E-state index in [9.17, 15) is 4.79 Å². The number of carbonyl (C=O) groups excluding carboxylic acids is 1. The fraction of sp³-hybridized carbons (Fsp3) is 0.385. The number of hydrogen-bond acceptors (Lipinski definition) is 5. The van der Waals surface area contributed by atoms with Gasteiger partial charge in [-0.05, 0) is 56.7 Å². The highest BCUT2D eigenvalue weighted by atomic mass is 16.2. The maximum atomic E-state index is 12.9. The molecule has 172 valence electrons. The topological polar surface area (TPSA) is 91.9 Å². The number of aliphatic imine (C=N–C) groups is 1. The lowest BCUT2D eigenvalue weighted by molar-refractivity contribution is 0.0954. The molecule has 7 nitrogen and oxygen atoms in total. The first kappa shape index (κ1) is 24.1. The van der Waals surface area contributed by atoms with Gasteiger partial charge in [-0.2, -0.15) is 0 Å². The largest absolute Gasteiger partial charge is 0.384 e. The maximum Gasteiger partial charge on any atom is 0.255 e. The van der Waals surface area contributed by atoms with E-state index in [0.29, 0.717) is 35.1 Å². The lowest BCUT2D eigenvalue weighted by Crippen LogP contribution is -2.26. The first-order valence-corrected chi connectivity index (χ1v) is 11.3. The number of carbonyl (C=O) groups is 1. The molecule has 2 N–H and O–H groups in total. The summed E-state index contributed by atoms with van der Waals surface area (Å²) in [5, 5.41) is 20.2. The van der Waals surface area contributed by atoms with Gasteiger partial charge in [0.15, 0.2) is 5.65 Å². The molecule has 0 saturated carbocycles. The Balaban J connectivity index is 1.70. The van der Waals surface area contributed by atoms with Gasteiger partial charge in [-0.1, -0.05) is 43.9 Å². The Morgan fingerprint density at radius 2 is 2.06 bits per heavy atom. The number of pyridine rings is 1. The molecule has 2 aromatic heterocycles. The molecule has 1 amide bonds. The Morgan fingerprint density at radius 3 is 2.79 bits per heavy atom. The Kier molecular flexibility index (Phi) is 8.34. The summed E-state index contributed by atoms with van der Waals surface area (Å²) in [6.45, 7) is 8.52.